The van der Waals surface area contributed by atoms with E-state index in [1.54, 1.807) is 37.1 Å². The summed E-state index contributed by atoms with van der Waals surface area (Å²) in [5, 5.41) is 0.489. The number of ether oxygens (including phenoxy) is 2. The van der Waals surface area contributed by atoms with Gasteiger partial charge in [0.15, 0.2) is 0 Å². The highest BCUT2D eigenvalue weighted by atomic mass is 35.5. The van der Waals surface area contributed by atoms with Crippen molar-refractivity contribution < 1.29 is 23.9 Å². The lowest BCUT2D eigenvalue weighted by Gasteiger charge is -2.22. The summed E-state index contributed by atoms with van der Waals surface area (Å²) in [5.74, 6) is -3.05. The smallest absolute Gasteiger partial charge is 0.374 e. The Hall–Kier alpha value is -3.12. The standard InChI is InChI=1S/C23H22ClNO5/c1-4-29-23(28)20(30-14(2)26)13-18(15-8-7-9-16(24)12-15)21-17-10-5-6-11-19(17)25(3)22(21)27/h5-13,18,21H,4H2,1-3H3/b20-13-/t18-,21+/m0/s1. The average Bonchev–Trinajstić information content (AvgIpc) is 2.96. The van der Waals surface area contributed by atoms with Crippen molar-refractivity contribution in [2.24, 2.45) is 0 Å². The summed E-state index contributed by atoms with van der Waals surface area (Å²) >= 11 is 6.20. The second-order valence-electron chi connectivity index (χ2n) is 6.86. The normalized spacial score (nSPS) is 16.8. The first-order chi connectivity index (χ1) is 14.3. The van der Waals surface area contributed by atoms with Gasteiger partial charge in [-0.1, -0.05) is 41.9 Å². The second kappa shape index (κ2) is 9.13. The molecule has 2 atom stereocenters. The van der Waals surface area contributed by atoms with Crippen molar-refractivity contribution in [2.75, 3.05) is 18.6 Å². The Labute approximate surface area is 180 Å². The molecule has 0 radical (unpaired) electrons. The number of benzene rings is 2. The Morgan fingerprint density at radius 2 is 1.93 bits per heavy atom. The molecule has 0 aliphatic carbocycles. The molecule has 7 heteroatoms. The SMILES string of the molecule is CCOC(=O)/C(=C/[C@@H](c1cccc(Cl)c1)[C@@H]1C(=O)N(C)c2ccccc21)OC(C)=O. The number of likely N-dealkylation sites (N-methyl/N-ethyl adjacent to an activating group) is 1. The molecule has 0 bridgehead atoms. The summed E-state index contributed by atoms with van der Waals surface area (Å²) in [6, 6.07) is 14.5. The minimum Gasteiger partial charge on any atom is -0.460 e. The third-order valence-corrected chi connectivity index (χ3v) is 5.12. The van der Waals surface area contributed by atoms with Gasteiger partial charge in [0.1, 0.15) is 0 Å². The van der Waals surface area contributed by atoms with Gasteiger partial charge in [-0.25, -0.2) is 4.79 Å². The highest BCUT2D eigenvalue weighted by Gasteiger charge is 2.41. The highest BCUT2D eigenvalue weighted by Crippen LogP contribution is 2.45. The zero-order valence-corrected chi connectivity index (χ0v) is 17.7. The number of fused-ring (bicyclic) bond motifs is 1. The van der Waals surface area contributed by atoms with Gasteiger partial charge in [-0.2, -0.15) is 0 Å². The van der Waals surface area contributed by atoms with E-state index in [1.165, 1.54) is 13.0 Å². The molecule has 1 heterocycles. The summed E-state index contributed by atoms with van der Waals surface area (Å²) in [7, 11) is 1.71. The molecule has 0 saturated carbocycles. The number of allylic oxidation sites excluding steroid dienone is 1. The van der Waals surface area contributed by atoms with Crippen molar-refractivity contribution in [1.82, 2.24) is 0 Å². The third kappa shape index (κ3) is 4.39. The van der Waals surface area contributed by atoms with E-state index in [0.717, 1.165) is 11.3 Å². The summed E-state index contributed by atoms with van der Waals surface area (Å²) in [6.07, 6.45) is 1.48. The lowest BCUT2D eigenvalue weighted by Crippen LogP contribution is -2.27. The molecule has 3 rings (SSSR count). The van der Waals surface area contributed by atoms with Crippen LogP contribution in [0.15, 0.2) is 60.4 Å². The zero-order chi connectivity index (χ0) is 21.8. The molecule has 0 spiro atoms. The molecule has 2 aromatic carbocycles. The molecule has 30 heavy (non-hydrogen) atoms. The van der Waals surface area contributed by atoms with Crippen LogP contribution in [-0.4, -0.2) is 31.5 Å². The predicted octanol–water partition coefficient (Wildman–Crippen LogP) is 4.19. The minimum absolute atomic E-state index is 0.118. The monoisotopic (exact) mass is 427 g/mol. The van der Waals surface area contributed by atoms with Gasteiger partial charge in [-0.05, 0) is 42.3 Å². The zero-order valence-electron chi connectivity index (χ0n) is 16.9. The van der Waals surface area contributed by atoms with Gasteiger partial charge in [0.2, 0.25) is 11.7 Å². The van der Waals surface area contributed by atoms with Crippen LogP contribution < -0.4 is 4.90 Å². The number of carbonyl (C=O) groups is 3. The topological polar surface area (TPSA) is 72.9 Å². The summed E-state index contributed by atoms with van der Waals surface area (Å²) in [6.45, 7) is 2.97. The Bertz CT molecular complexity index is 1020. The molecule has 6 nitrogen and oxygen atoms in total. The lowest BCUT2D eigenvalue weighted by atomic mass is 9.81. The van der Waals surface area contributed by atoms with Gasteiger partial charge in [-0.15, -0.1) is 0 Å². The molecular formula is C23H22ClNO5. The molecule has 1 aliphatic rings. The van der Waals surface area contributed by atoms with Crippen LogP contribution in [0, 0.1) is 0 Å². The van der Waals surface area contributed by atoms with Crippen LogP contribution in [0.5, 0.6) is 0 Å². The van der Waals surface area contributed by atoms with Crippen molar-refractivity contribution >= 4 is 35.1 Å². The molecule has 0 fully saturated rings. The maximum atomic E-state index is 13.2. The molecule has 1 aliphatic heterocycles. The fourth-order valence-corrected chi connectivity index (χ4v) is 3.82. The van der Waals surface area contributed by atoms with E-state index in [0.29, 0.717) is 10.6 Å². The molecule has 0 N–H and O–H groups in total. The maximum Gasteiger partial charge on any atom is 0.374 e. The van der Waals surface area contributed by atoms with E-state index in [9.17, 15) is 14.4 Å². The number of nitrogens with zero attached hydrogens (tertiary/aromatic N) is 1. The van der Waals surface area contributed by atoms with Crippen LogP contribution in [0.25, 0.3) is 0 Å². The van der Waals surface area contributed by atoms with E-state index in [2.05, 4.69) is 0 Å². The van der Waals surface area contributed by atoms with Gasteiger partial charge in [-0.3, -0.25) is 9.59 Å². The fraction of sp³-hybridized carbons (Fsp3) is 0.261. The average molecular weight is 428 g/mol. The van der Waals surface area contributed by atoms with Crippen LogP contribution in [0.3, 0.4) is 0 Å². The number of hydrogen-bond acceptors (Lipinski definition) is 5. The number of para-hydroxylation sites is 1. The Morgan fingerprint density at radius 3 is 2.60 bits per heavy atom. The fourth-order valence-electron chi connectivity index (χ4n) is 3.63. The lowest BCUT2D eigenvalue weighted by molar-refractivity contribution is -0.150. The molecule has 0 saturated heterocycles. The van der Waals surface area contributed by atoms with Crippen LogP contribution in [0.2, 0.25) is 5.02 Å². The number of rotatable bonds is 6. The number of hydrogen-bond donors (Lipinski definition) is 0. The Balaban J connectivity index is 2.18. The largest absolute Gasteiger partial charge is 0.460 e. The van der Waals surface area contributed by atoms with Gasteiger partial charge < -0.3 is 14.4 Å². The number of amides is 1. The number of anilines is 1. The molecule has 0 aromatic heterocycles. The minimum atomic E-state index is -0.771. The van der Waals surface area contributed by atoms with E-state index in [-0.39, 0.29) is 18.3 Å². The second-order valence-corrected chi connectivity index (χ2v) is 7.30. The van der Waals surface area contributed by atoms with Gasteiger partial charge in [0.25, 0.3) is 0 Å². The van der Waals surface area contributed by atoms with E-state index >= 15 is 0 Å². The molecule has 1 amide bonds. The Kier molecular flexibility index (Phi) is 6.57. The van der Waals surface area contributed by atoms with E-state index in [4.69, 9.17) is 21.1 Å². The van der Waals surface area contributed by atoms with Crippen molar-refractivity contribution in [3.63, 3.8) is 0 Å². The quantitative estimate of drug-likeness (QED) is 0.392. The van der Waals surface area contributed by atoms with Gasteiger partial charge in [0.05, 0.1) is 12.5 Å². The first-order valence-corrected chi connectivity index (χ1v) is 9.90. The number of halogens is 1. The van der Waals surface area contributed by atoms with Crippen LogP contribution >= 0.6 is 11.6 Å². The third-order valence-electron chi connectivity index (χ3n) is 4.88. The first kappa shape index (κ1) is 21.6. The van der Waals surface area contributed by atoms with Gasteiger partial charge >= 0.3 is 11.9 Å². The van der Waals surface area contributed by atoms with E-state index < -0.39 is 23.8 Å². The Morgan fingerprint density at radius 1 is 1.20 bits per heavy atom. The predicted molar refractivity (Wildman–Crippen MR) is 113 cm³/mol. The van der Waals surface area contributed by atoms with Crippen molar-refractivity contribution in [3.05, 3.63) is 76.5 Å². The summed E-state index contributed by atoms with van der Waals surface area (Å²) < 4.78 is 10.2. The van der Waals surface area contributed by atoms with Crippen molar-refractivity contribution in [1.29, 1.82) is 0 Å². The van der Waals surface area contributed by atoms with Crippen LogP contribution in [-0.2, 0) is 23.9 Å². The number of esters is 2. The van der Waals surface area contributed by atoms with Gasteiger partial charge in [0, 0.05) is 30.6 Å². The molecular weight excluding hydrogens is 406 g/mol. The summed E-state index contributed by atoms with van der Waals surface area (Å²) in [4.78, 5) is 38.8. The highest BCUT2D eigenvalue weighted by molar-refractivity contribution is 6.30. The summed E-state index contributed by atoms with van der Waals surface area (Å²) in [5.41, 5.74) is 2.32. The van der Waals surface area contributed by atoms with Crippen LogP contribution in [0.4, 0.5) is 5.69 Å². The van der Waals surface area contributed by atoms with Crippen molar-refractivity contribution in [2.45, 2.75) is 25.7 Å². The maximum absolute atomic E-state index is 13.2. The van der Waals surface area contributed by atoms with Crippen LogP contribution in [0.1, 0.15) is 36.8 Å². The molecule has 2 aromatic rings. The number of carbonyl (C=O) groups excluding carboxylic acids is 3. The van der Waals surface area contributed by atoms with E-state index in [1.807, 2.05) is 30.3 Å². The van der Waals surface area contributed by atoms with Crippen molar-refractivity contribution in [3.8, 4) is 0 Å². The molecule has 156 valence electrons. The first-order valence-electron chi connectivity index (χ1n) is 9.52. The molecule has 0 unspecified atom stereocenters.